The Kier molecular flexibility index (Phi) is 6.62. The van der Waals surface area contributed by atoms with Crippen molar-refractivity contribution < 1.29 is 14.3 Å². The molecule has 0 radical (unpaired) electrons. The van der Waals surface area contributed by atoms with Crippen molar-refractivity contribution in [3.05, 3.63) is 34.6 Å². The highest BCUT2D eigenvalue weighted by Crippen LogP contribution is 2.20. The van der Waals surface area contributed by atoms with Crippen LogP contribution in [0.15, 0.2) is 18.2 Å². The number of nitrogens with one attached hydrogen (secondary N) is 1. The summed E-state index contributed by atoms with van der Waals surface area (Å²) in [6, 6.07) is 3.60. The molecule has 0 saturated carbocycles. The molecule has 0 bridgehead atoms. The number of rotatable bonds is 6. The molecule has 0 heterocycles. The number of halogens is 2. The molecule has 0 spiro atoms. The van der Waals surface area contributed by atoms with Gasteiger partial charge in [-0.3, -0.25) is 4.79 Å². The van der Waals surface area contributed by atoms with E-state index in [1.54, 1.807) is 17.8 Å². The molecule has 106 valence electrons. The van der Waals surface area contributed by atoms with E-state index in [1.165, 1.54) is 12.1 Å². The van der Waals surface area contributed by atoms with Crippen molar-refractivity contribution >= 4 is 29.3 Å². The molecule has 2 N–H and O–H groups in total. The lowest BCUT2D eigenvalue weighted by atomic mass is 10.1. The van der Waals surface area contributed by atoms with Gasteiger partial charge in [-0.05, 0) is 24.0 Å². The quantitative estimate of drug-likeness (QED) is 0.849. The zero-order valence-electron chi connectivity index (χ0n) is 10.8. The van der Waals surface area contributed by atoms with Crippen LogP contribution in [0.3, 0.4) is 0 Å². The highest BCUT2D eigenvalue weighted by atomic mass is 35.5. The average molecular weight is 306 g/mol. The van der Waals surface area contributed by atoms with E-state index in [-0.39, 0.29) is 23.5 Å². The third-order valence-corrected chi connectivity index (χ3v) is 3.85. The van der Waals surface area contributed by atoms with Gasteiger partial charge in [0.25, 0.3) is 0 Å². The van der Waals surface area contributed by atoms with E-state index in [1.807, 2.05) is 13.2 Å². The van der Waals surface area contributed by atoms with Gasteiger partial charge in [0.05, 0.1) is 17.7 Å². The molecule has 1 aromatic carbocycles. The maximum absolute atomic E-state index is 13.4. The van der Waals surface area contributed by atoms with Gasteiger partial charge in [0.15, 0.2) is 0 Å². The second-order valence-electron chi connectivity index (χ2n) is 4.27. The summed E-state index contributed by atoms with van der Waals surface area (Å²) in [6.07, 6.45) is 1.92. The van der Waals surface area contributed by atoms with Crippen molar-refractivity contribution in [3.8, 4) is 0 Å². The Labute approximate surface area is 121 Å². The third-order valence-electron chi connectivity index (χ3n) is 2.71. The maximum atomic E-state index is 13.4. The Morgan fingerprint density at radius 1 is 1.58 bits per heavy atom. The molecule has 0 aromatic heterocycles. The second-order valence-corrected chi connectivity index (χ2v) is 5.59. The predicted molar refractivity (Wildman–Crippen MR) is 76.9 cm³/mol. The highest BCUT2D eigenvalue weighted by molar-refractivity contribution is 7.98. The van der Waals surface area contributed by atoms with Gasteiger partial charge in [-0.1, -0.05) is 24.6 Å². The summed E-state index contributed by atoms with van der Waals surface area (Å²) in [5.74, 6) is -0.201. The molecule has 0 saturated heterocycles. The second kappa shape index (κ2) is 7.72. The van der Waals surface area contributed by atoms with Crippen LogP contribution in [0, 0.1) is 11.7 Å². The lowest BCUT2D eigenvalue weighted by molar-refractivity contribution is -0.124. The van der Waals surface area contributed by atoms with Gasteiger partial charge in [0.2, 0.25) is 5.91 Å². The first kappa shape index (κ1) is 16.3. The van der Waals surface area contributed by atoms with Crippen molar-refractivity contribution in [2.75, 3.05) is 18.6 Å². The summed E-state index contributed by atoms with van der Waals surface area (Å²) >= 11 is 7.17. The molecule has 1 aromatic rings. The normalized spacial score (nSPS) is 13.9. The Morgan fingerprint density at radius 3 is 2.79 bits per heavy atom. The van der Waals surface area contributed by atoms with Gasteiger partial charge in [-0.2, -0.15) is 11.8 Å². The summed E-state index contributed by atoms with van der Waals surface area (Å²) in [4.78, 5) is 11.9. The van der Waals surface area contributed by atoms with Crippen LogP contribution < -0.4 is 5.32 Å². The van der Waals surface area contributed by atoms with E-state index in [9.17, 15) is 14.3 Å². The van der Waals surface area contributed by atoms with Crippen LogP contribution in [0.2, 0.25) is 5.02 Å². The van der Waals surface area contributed by atoms with Crippen LogP contribution in [-0.2, 0) is 4.79 Å². The number of carbonyl (C=O) groups excluding carboxylic acids is 1. The van der Waals surface area contributed by atoms with E-state index < -0.39 is 11.9 Å². The van der Waals surface area contributed by atoms with E-state index in [0.717, 1.165) is 0 Å². The van der Waals surface area contributed by atoms with Gasteiger partial charge in [-0.15, -0.1) is 0 Å². The first-order valence-electron chi connectivity index (χ1n) is 5.84. The van der Waals surface area contributed by atoms with Gasteiger partial charge < -0.3 is 10.4 Å². The predicted octanol–water partition coefficient (Wildman–Crippen LogP) is 2.63. The lowest BCUT2D eigenvalue weighted by Crippen LogP contribution is -2.35. The monoisotopic (exact) mass is 305 g/mol. The Morgan fingerprint density at radius 2 is 2.26 bits per heavy atom. The molecule has 6 heteroatoms. The van der Waals surface area contributed by atoms with Crippen LogP contribution in [0.4, 0.5) is 4.39 Å². The van der Waals surface area contributed by atoms with Crippen LogP contribution in [0.25, 0.3) is 0 Å². The van der Waals surface area contributed by atoms with Crippen LogP contribution in [0.5, 0.6) is 0 Å². The minimum absolute atomic E-state index is 0.0162. The number of benzene rings is 1. The van der Waals surface area contributed by atoms with E-state index in [2.05, 4.69) is 5.32 Å². The van der Waals surface area contributed by atoms with Crippen LogP contribution in [0.1, 0.15) is 18.5 Å². The number of hydrogen-bond acceptors (Lipinski definition) is 3. The molecule has 0 aliphatic heterocycles. The van der Waals surface area contributed by atoms with E-state index in [4.69, 9.17) is 11.6 Å². The Hall–Kier alpha value is -0.780. The first-order valence-corrected chi connectivity index (χ1v) is 7.61. The fourth-order valence-corrected chi connectivity index (χ4v) is 2.37. The molecular weight excluding hydrogens is 289 g/mol. The molecule has 1 rings (SSSR count). The molecule has 0 aliphatic carbocycles. The van der Waals surface area contributed by atoms with Crippen molar-refractivity contribution in [1.29, 1.82) is 0 Å². The number of amides is 1. The minimum atomic E-state index is -0.622. The number of thioether (sulfide) groups is 1. The molecule has 2 unspecified atom stereocenters. The summed E-state index contributed by atoms with van der Waals surface area (Å²) < 4.78 is 13.4. The number of aliphatic hydroxyl groups excluding tert-OH is 1. The smallest absolute Gasteiger partial charge is 0.224 e. The average Bonchev–Trinajstić information content (AvgIpc) is 2.39. The minimum Gasteiger partial charge on any atom is -0.394 e. The third kappa shape index (κ3) is 4.67. The van der Waals surface area contributed by atoms with Crippen LogP contribution >= 0.6 is 23.4 Å². The molecule has 19 heavy (non-hydrogen) atoms. The Balaban J connectivity index is 2.77. The summed E-state index contributed by atoms with van der Waals surface area (Å²) in [5, 5.41) is 12.0. The van der Waals surface area contributed by atoms with Gasteiger partial charge in [0, 0.05) is 11.7 Å². The fourth-order valence-electron chi connectivity index (χ4n) is 1.60. The standard InChI is InChI=1S/C13H17ClFNO2S/c1-8(7-19-2)13(18)16-12(6-17)9-3-4-10(14)11(15)5-9/h3-5,8,12,17H,6-7H2,1-2H3,(H,16,18). The first-order chi connectivity index (χ1) is 8.99. The molecule has 1 amide bonds. The van der Waals surface area contributed by atoms with Crippen molar-refractivity contribution in [2.45, 2.75) is 13.0 Å². The van der Waals surface area contributed by atoms with Crippen molar-refractivity contribution in [3.63, 3.8) is 0 Å². The molecule has 3 nitrogen and oxygen atoms in total. The highest BCUT2D eigenvalue weighted by Gasteiger charge is 2.19. The van der Waals surface area contributed by atoms with Gasteiger partial charge in [-0.25, -0.2) is 4.39 Å². The summed E-state index contributed by atoms with van der Waals surface area (Å²) in [7, 11) is 0. The van der Waals surface area contributed by atoms with E-state index in [0.29, 0.717) is 11.3 Å². The van der Waals surface area contributed by atoms with E-state index >= 15 is 0 Å². The number of hydrogen-bond donors (Lipinski definition) is 2. The zero-order valence-corrected chi connectivity index (χ0v) is 12.4. The van der Waals surface area contributed by atoms with Crippen molar-refractivity contribution in [2.24, 2.45) is 5.92 Å². The maximum Gasteiger partial charge on any atom is 0.224 e. The Bertz CT molecular complexity index is 445. The largest absolute Gasteiger partial charge is 0.394 e. The molecule has 0 aliphatic rings. The number of aliphatic hydroxyl groups is 1. The molecule has 2 atom stereocenters. The van der Waals surface area contributed by atoms with Gasteiger partial charge >= 0.3 is 0 Å². The fraction of sp³-hybridized carbons (Fsp3) is 0.462. The topological polar surface area (TPSA) is 49.3 Å². The van der Waals surface area contributed by atoms with Crippen LogP contribution in [-0.4, -0.2) is 29.6 Å². The number of carbonyl (C=O) groups is 1. The SMILES string of the molecule is CSCC(C)C(=O)NC(CO)c1ccc(Cl)c(F)c1. The molecular formula is C13H17ClFNO2S. The van der Waals surface area contributed by atoms with Crippen molar-refractivity contribution in [1.82, 2.24) is 5.32 Å². The summed E-state index contributed by atoms with van der Waals surface area (Å²) in [6.45, 7) is 1.52. The lowest BCUT2D eigenvalue weighted by Gasteiger charge is -2.19. The van der Waals surface area contributed by atoms with Gasteiger partial charge in [0.1, 0.15) is 5.82 Å². The zero-order chi connectivity index (χ0) is 14.4. The summed E-state index contributed by atoms with van der Waals surface area (Å²) in [5.41, 5.74) is 0.495. The molecule has 0 fully saturated rings.